The zero-order valence-corrected chi connectivity index (χ0v) is 11.2. The van der Waals surface area contributed by atoms with Crippen LogP contribution in [0.2, 0.25) is 0 Å². The van der Waals surface area contributed by atoms with Crippen LogP contribution in [0.4, 0.5) is 0 Å². The van der Waals surface area contributed by atoms with E-state index in [1.807, 2.05) is 6.20 Å². The summed E-state index contributed by atoms with van der Waals surface area (Å²) < 4.78 is 0. The first-order chi connectivity index (χ1) is 8.58. The van der Waals surface area contributed by atoms with Gasteiger partial charge in [-0.1, -0.05) is 12.1 Å². The standard InChI is InChI=1S/C16H16N2/c1-9-7-13-5-6-14-11(3)10(2)8-17-16(14)15(13)18-12(9)4/h5-8H,1-4H3. The molecule has 0 bridgehead atoms. The third-order valence-electron chi connectivity index (χ3n) is 3.79. The van der Waals surface area contributed by atoms with Crippen LogP contribution in [0.3, 0.4) is 0 Å². The van der Waals surface area contributed by atoms with E-state index in [1.54, 1.807) is 0 Å². The van der Waals surface area contributed by atoms with Crippen LogP contribution in [0.5, 0.6) is 0 Å². The summed E-state index contributed by atoms with van der Waals surface area (Å²) in [6, 6.07) is 6.49. The monoisotopic (exact) mass is 236 g/mol. The maximum absolute atomic E-state index is 4.71. The van der Waals surface area contributed by atoms with Crippen molar-refractivity contribution in [3.8, 4) is 0 Å². The van der Waals surface area contributed by atoms with E-state index in [-0.39, 0.29) is 0 Å². The lowest BCUT2D eigenvalue weighted by Gasteiger charge is -2.09. The lowest BCUT2D eigenvalue weighted by atomic mass is 10.0. The molecule has 0 N–H and O–H groups in total. The van der Waals surface area contributed by atoms with E-state index in [4.69, 9.17) is 4.98 Å². The molecule has 0 saturated carbocycles. The van der Waals surface area contributed by atoms with Gasteiger partial charge >= 0.3 is 0 Å². The first kappa shape index (κ1) is 11.1. The topological polar surface area (TPSA) is 25.8 Å². The fourth-order valence-corrected chi connectivity index (χ4v) is 2.33. The zero-order chi connectivity index (χ0) is 12.9. The molecule has 0 atom stereocenters. The Bertz CT molecular complexity index is 773. The van der Waals surface area contributed by atoms with Crippen LogP contribution in [-0.2, 0) is 0 Å². The molecule has 0 spiro atoms. The Labute approximate surface area is 107 Å². The molecule has 0 fully saturated rings. The summed E-state index contributed by atoms with van der Waals surface area (Å²) >= 11 is 0. The average molecular weight is 236 g/mol. The van der Waals surface area contributed by atoms with Gasteiger partial charge < -0.3 is 0 Å². The highest BCUT2D eigenvalue weighted by atomic mass is 14.8. The van der Waals surface area contributed by atoms with Gasteiger partial charge in [-0.2, -0.15) is 0 Å². The van der Waals surface area contributed by atoms with Crippen molar-refractivity contribution < 1.29 is 0 Å². The number of nitrogens with zero attached hydrogens (tertiary/aromatic N) is 2. The number of hydrogen-bond donors (Lipinski definition) is 0. The molecule has 1 aromatic carbocycles. The zero-order valence-electron chi connectivity index (χ0n) is 11.2. The normalized spacial score (nSPS) is 11.3. The third kappa shape index (κ3) is 1.49. The summed E-state index contributed by atoms with van der Waals surface area (Å²) in [7, 11) is 0. The Morgan fingerprint density at radius 2 is 1.67 bits per heavy atom. The van der Waals surface area contributed by atoms with Gasteiger partial charge in [0.05, 0.1) is 11.0 Å². The van der Waals surface area contributed by atoms with Crippen molar-refractivity contribution in [1.82, 2.24) is 9.97 Å². The van der Waals surface area contributed by atoms with Gasteiger partial charge in [0, 0.05) is 22.7 Å². The molecule has 2 aromatic heterocycles. The van der Waals surface area contributed by atoms with Crippen LogP contribution in [0.25, 0.3) is 21.8 Å². The lowest BCUT2D eigenvalue weighted by Crippen LogP contribution is -1.93. The molecule has 3 rings (SSSR count). The Balaban J connectivity index is 2.54. The van der Waals surface area contributed by atoms with Gasteiger partial charge in [0.15, 0.2) is 0 Å². The van der Waals surface area contributed by atoms with Gasteiger partial charge in [-0.3, -0.25) is 9.97 Å². The van der Waals surface area contributed by atoms with Crippen LogP contribution < -0.4 is 0 Å². The highest BCUT2D eigenvalue weighted by Crippen LogP contribution is 2.27. The van der Waals surface area contributed by atoms with E-state index in [1.165, 1.54) is 27.5 Å². The number of aromatic nitrogens is 2. The van der Waals surface area contributed by atoms with Crippen molar-refractivity contribution in [3.05, 3.63) is 46.8 Å². The number of pyridine rings is 2. The first-order valence-electron chi connectivity index (χ1n) is 6.21. The fraction of sp³-hybridized carbons (Fsp3) is 0.250. The first-order valence-corrected chi connectivity index (χ1v) is 6.21. The summed E-state index contributed by atoms with van der Waals surface area (Å²) in [5.74, 6) is 0. The summed E-state index contributed by atoms with van der Waals surface area (Å²) in [4.78, 5) is 9.29. The minimum atomic E-state index is 1.01. The molecule has 2 nitrogen and oxygen atoms in total. The van der Waals surface area contributed by atoms with Gasteiger partial charge in [0.2, 0.25) is 0 Å². The molecule has 0 aliphatic heterocycles. The minimum Gasteiger partial charge on any atom is -0.254 e. The molecular formula is C16H16N2. The van der Waals surface area contributed by atoms with Crippen molar-refractivity contribution in [3.63, 3.8) is 0 Å². The summed E-state index contributed by atoms with van der Waals surface area (Å²) in [6.07, 6.45) is 1.94. The fourth-order valence-electron chi connectivity index (χ4n) is 2.33. The summed E-state index contributed by atoms with van der Waals surface area (Å²) in [6.45, 7) is 8.39. The van der Waals surface area contributed by atoms with E-state index < -0.39 is 0 Å². The van der Waals surface area contributed by atoms with E-state index in [2.05, 4.69) is 50.9 Å². The van der Waals surface area contributed by atoms with Gasteiger partial charge in [-0.15, -0.1) is 0 Å². The highest BCUT2D eigenvalue weighted by Gasteiger charge is 2.08. The van der Waals surface area contributed by atoms with Crippen LogP contribution in [0.15, 0.2) is 24.4 Å². The van der Waals surface area contributed by atoms with Crippen molar-refractivity contribution >= 4 is 21.8 Å². The van der Waals surface area contributed by atoms with Crippen molar-refractivity contribution in [2.45, 2.75) is 27.7 Å². The molecule has 3 aromatic rings. The average Bonchev–Trinajstić information content (AvgIpc) is 2.35. The van der Waals surface area contributed by atoms with E-state index >= 15 is 0 Å². The minimum absolute atomic E-state index is 1.01. The molecule has 0 amide bonds. The lowest BCUT2D eigenvalue weighted by molar-refractivity contribution is 1.19. The largest absolute Gasteiger partial charge is 0.254 e. The summed E-state index contributed by atoms with van der Waals surface area (Å²) in [5.41, 5.74) is 6.85. The van der Waals surface area contributed by atoms with Crippen molar-refractivity contribution in [2.75, 3.05) is 0 Å². The quantitative estimate of drug-likeness (QED) is 0.551. The van der Waals surface area contributed by atoms with E-state index in [0.717, 1.165) is 16.7 Å². The second kappa shape index (κ2) is 3.77. The van der Waals surface area contributed by atoms with Gasteiger partial charge in [0.25, 0.3) is 0 Å². The molecule has 2 heterocycles. The summed E-state index contributed by atoms with van der Waals surface area (Å²) in [5, 5.41) is 2.37. The Morgan fingerprint density at radius 1 is 0.889 bits per heavy atom. The molecule has 18 heavy (non-hydrogen) atoms. The second-order valence-corrected chi connectivity index (χ2v) is 4.99. The predicted octanol–water partition coefficient (Wildman–Crippen LogP) is 4.02. The number of aryl methyl sites for hydroxylation is 4. The second-order valence-electron chi connectivity index (χ2n) is 4.99. The Morgan fingerprint density at radius 3 is 2.44 bits per heavy atom. The third-order valence-corrected chi connectivity index (χ3v) is 3.79. The van der Waals surface area contributed by atoms with Gasteiger partial charge in [0.1, 0.15) is 0 Å². The number of benzene rings is 1. The molecule has 90 valence electrons. The van der Waals surface area contributed by atoms with Crippen LogP contribution in [0, 0.1) is 27.7 Å². The Hall–Kier alpha value is -1.96. The number of rotatable bonds is 0. The Kier molecular flexibility index (Phi) is 2.34. The smallest absolute Gasteiger partial charge is 0.0968 e. The number of fused-ring (bicyclic) bond motifs is 3. The molecule has 0 unspecified atom stereocenters. The molecule has 0 radical (unpaired) electrons. The SMILES string of the molecule is Cc1cc2ccc3c(C)c(C)cnc3c2nc1C. The van der Waals surface area contributed by atoms with E-state index in [9.17, 15) is 0 Å². The van der Waals surface area contributed by atoms with Crippen LogP contribution in [-0.4, -0.2) is 9.97 Å². The molecule has 0 aliphatic carbocycles. The maximum atomic E-state index is 4.71. The van der Waals surface area contributed by atoms with Gasteiger partial charge in [-0.05, 0) is 50.5 Å². The van der Waals surface area contributed by atoms with E-state index in [0.29, 0.717) is 0 Å². The van der Waals surface area contributed by atoms with Crippen LogP contribution >= 0.6 is 0 Å². The molecular weight excluding hydrogens is 220 g/mol. The van der Waals surface area contributed by atoms with Crippen LogP contribution in [0.1, 0.15) is 22.4 Å². The van der Waals surface area contributed by atoms with Gasteiger partial charge in [-0.25, -0.2) is 0 Å². The number of hydrogen-bond acceptors (Lipinski definition) is 2. The maximum Gasteiger partial charge on any atom is 0.0968 e. The molecule has 0 saturated heterocycles. The predicted molar refractivity (Wildman–Crippen MR) is 76.0 cm³/mol. The molecule has 0 aliphatic rings. The molecule has 2 heteroatoms. The highest BCUT2D eigenvalue weighted by molar-refractivity contribution is 6.04. The van der Waals surface area contributed by atoms with Crippen molar-refractivity contribution in [1.29, 1.82) is 0 Å². The van der Waals surface area contributed by atoms with Crippen molar-refractivity contribution in [2.24, 2.45) is 0 Å².